The van der Waals surface area contributed by atoms with Gasteiger partial charge in [-0.3, -0.25) is 38.4 Å². The second-order valence-corrected chi connectivity index (χ2v) is 19.6. The number of piperazine rings is 1. The first-order valence-corrected chi connectivity index (χ1v) is 25.9. The van der Waals surface area contributed by atoms with E-state index < -0.39 is 17.9 Å². The van der Waals surface area contributed by atoms with Crippen molar-refractivity contribution in [2.45, 2.75) is 64.0 Å². The maximum Gasteiger partial charge on any atom is 0.257 e. The third-order valence-corrected chi connectivity index (χ3v) is 14.7. The van der Waals surface area contributed by atoms with Gasteiger partial charge in [0.1, 0.15) is 35.3 Å². The summed E-state index contributed by atoms with van der Waals surface area (Å²) in [6.07, 6.45) is 9.74. The van der Waals surface area contributed by atoms with Gasteiger partial charge in [0, 0.05) is 120 Å². The van der Waals surface area contributed by atoms with Crippen molar-refractivity contribution in [2.75, 3.05) is 95.5 Å². The molecule has 0 aliphatic carbocycles. The summed E-state index contributed by atoms with van der Waals surface area (Å²) in [4.78, 5) is 104. The number of nitrogen functional groups attached to an aromatic ring is 1. The molecule has 3 aromatic heterocycles. The number of carbonyl (C=O) groups excluding carboxylic acids is 6. The highest BCUT2D eigenvalue weighted by atomic mass is 19.1. The van der Waals surface area contributed by atoms with Crippen LogP contribution in [0.3, 0.4) is 0 Å². The van der Waals surface area contributed by atoms with Crippen molar-refractivity contribution in [3.63, 3.8) is 0 Å². The van der Waals surface area contributed by atoms with Gasteiger partial charge < -0.3 is 46.5 Å². The number of likely N-dealkylation sites (tertiary alicyclic amines) is 2. The Morgan fingerprint density at radius 1 is 0.908 bits per heavy atom. The number of aryl methyl sites for hydroxylation is 1. The molecule has 3 aliphatic heterocycles. The van der Waals surface area contributed by atoms with Crippen LogP contribution in [0.15, 0.2) is 83.6 Å². The zero-order chi connectivity index (χ0) is 53.9. The first-order valence-electron chi connectivity index (χ1n) is 25.9. The highest BCUT2D eigenvalue weighted by molar-refractivity contribution is 6.07. The Hall–Kier alpha value is -8.07. The number of hydrogen-bond acceptors (Lipinski definition) is 15. The zero-order valence-electron chi connectivity index (χ0n) is 43.4. The quantitative estimate of drug-likeness (QED) is 0.0667. The summed E-state index contributed by atoms with van der Waals surface area (Å²) < 4.78 is 17.8. The summed E-state index contributed by atoms with van der Waals surface area (Å²) in [5, 5.41) is 5.74. The molecular formula is C55H67FN14O6. The normalized spacial score (nSPS) is 16.5. The number of benzene rings is 2. The lowest BCUT2D eigenvalue weighted by molar-refractivity contribution is -0.135. The van der Waals surface area contributed by atoms with Crippen molar-refractivity contribution in [3.8, 4) is 16.9 Å². The maximum atomic E-state index is 15.9. The minimum absolute atomic E-state index is 0.0137. The number of nitrogens with zero attached hydrogens (tertiary/aromatic N) is 10. The van der Waals surface area contributed by atoms with Crippen LogP contribution >= 0.6 is 0 Å². The molecule has 1 atom stereocenters. The molecule has 76 heavy (non-hydrogen) atoms. The Bertz CT molecular complexity index is 2990. The number of imidazole rings is 1. The fourth-order valence-corrected chi connectivity index (χ4v) is 10.3. The van der Waals surface area contributed by atoms with Crippen molar-refractivity contribution in [3.05, 3.63) is 101 Å². The average Bonchev–Trinajstić information content (AvgIpc) is 3.79. The number of anilines is 3. The third kappa shape index (κ3) is 12.7. The van der Waals surface area contributed by atoms with E-state index in [1.807, 2.05) is 50.5 Å². The summed E-state index contributed by atoms with van der Waals surface area (Å²) in [6, 6.07) is 16.4. The zero-order valence-corrected chi connectivity index (χ0v) is 43.4. The number of fused-ring (bicyclic) bond motifs is 1. The van der Waals surface area contributed by atoms with Crippen LogP contribution in [0.4, 0.5) is 21.6 Å². The van der Waals surface area contributed by atoms with Crippen molar-refractivity contribution >= 4 is 70.8 Å². The van der Waals surface area contributed by atoms with Crippen LogP contribution in [0.25, 0.3) is 28.1 Å². The number of nitrogens with one attached hydrogen (secondary N) is 2. The Morgan fingerprint density at radius 3 is 2.34 bits per heavy atom. The number of pyridine rings is 2. The van der Waals surface area contributed by atoms with Gasteiger partial charge in [0.2, 0.25) is 17.7 Å². The second kappa shape index (κ2) is 25.0. The molecule has 4 amide bonds. The number of rotatable bonds is 19. The van der Waals surface area contributed by atoms with Crippen molar-refractivity contribution in [2.24, 2.45) is 16.6 Å². The van der Waals surface area contributed by atoms with E-state index in [9.17, 15) is 28.8 Å². The number of carbonyl (C=O) groups is 6. The number of likely N-dealkylation sites (N-methyl/N-ethyl adjacent to an activating group) is 2. The first kappa shape index (κ1) is 54.2. The molecule has 6 N–H and O–H groups in total. The predicted molar refractivity (Wildman–Crippen MR) is 290 cm³/mol. The third-order valence-electron chi connectivity index (χ3n) is 14.7. The fraction of sp³-hybridized carbons (Fsp3) is 0.418. The second-order valence-electron chi connectivity index (χ2n) is 19.6. The minimum atomic E-state index is -0.919. The van der Waals surface area contributed by atoms with Crippen LogP contribution in [-0.2, 0) is 19.2 Å². The molecule has 3 saturated heterocycles. The SMILES string of the molecule is CNC(=O)C(CCC=O)N(C)C(=O)c1c(C=O)cccc1NC/C(C=NC1CCN(C(=O)CC2CCN(CC(=O)N3CCN(c4ccc(-n5c(C)nc6ccc(-c7ccnc(N)c7)nc65)cc4F)CC3)CC2)CC1)=C/N. The maximum absolute atomic E-state index is 15.9. The molecule has 6 heterocycles. The van der Waals surface area contributed by atoms with E-state index in [0.717, 1.165) is 31.5 Å². The van der Waals surface area contributed by atoms with Crippen LogP contribution in [-0.4, -0.2) is 173 Å². The van der Waals surface area contributed by atoms with Gasteiger partial charge in [0.05, 0.1) is 35.2 Å². The molecule has 21 heteroatoms. The van der Waals surface area contributed by atoms with E-state index in [1.54, 1.807) is 36.7 Å². The standard InChI is InChI=1S/C55H67FN14O6/c1-36-63-46-11-10-44(39-13-18-60-49(58)29-39)64-53(46)70(36)42-9-12-47(43(56)30-42)67-23-25-69(26-24-67)51(74)34-66-19-14-37(15-20-66)28-50(73)68-21-16-41(17-22-68)61-32-38(31-57)33-62-45-7-4-6-40(35-72)52(45)55(76)65(3)48(8-5-27-71)54(75)59-2/h4,6-7,9-13,18,27,29-32,35,37,41,48,62H,5,8,14-17,19-26,28,33-34,57H2,1-3H3,(H2,58,60)(H,59,75)/b38-31+,61-32?. The summed E-state index contributed by atoms with van der Waals surface area (Å²) >= 11 is 0. The van der Waals surface area contributed by atoms with Crippen molar-refractivity contribution < 1.29 is 33.2 Å². The predicted octanol–water partition coefficient (Wildman–Crippen LogP) is 4.26. The smallest absolute Gasteiger partial charge is 0.257 e. The van der Waals surface area contributed by atoms with Gasteiger partial charge in [-0.1, -0.05) is 12.1 Å². The summed E-state index contributed by atoms with van der Waals surface area (Å²) in [5.41, 5.74) is 17.0. The van der Waals surface area contributed by atoms with Crippen LogP contribution in [0, 0.1) is 18.7 Å². The monoisotopic (exact) mass is 1040 g/mol. The van der Waals surface area contributed by atoms with Crippen molar-refractivity contribution in [1.82, 2.24) is 44.4 Å². The molecule has 0 saturated carbocycles. The summed E-state index contributed by atoms with van der Waals surface area (Å²) in [6.45, 7) is 7.02. The number of aromatic nitrogens is 4. The van der Waals surface area contributed by atoms with Gasteiger partial charge in [0.15, 0.2) is 11.9 Å². The number of nitrogens with two attached hydrogens (primary N) is 2. The fourth-order valence-electron chi connectivity index (χ4n) is 10.3. The summed E-state index contributed by atoms with van der Waals surface area (Å²) in [7, 11) is 2.92. The van der Waals surface area contributed by atoms with E-state index >= 15 is 4.39 Å². The van der Waals surface area contributed by atoms with E-state index in [2.05, 4.69) is 25.5 Å². The Kier molecular flexibility index (Phi) is 17.8. The van der Waals surface area contributed by atoms with E-state index in [0.29, 0.717) is 129 Å². The van der Waals surface area contributed by atoms with Crippen LogP contribution in [0.2, 0.25) is 0 Å². The molecule has 3 aliphatic rings. The molecular weight excluding hydrogens is 972 g/mol. The van der Waals surface area contributed by atoms with Gasteiger partial charge in [-0.05, 0) is 100 Å². The van der Waals surface area contributed by atoms with Gasteiger partial charge in [-0.2, -0.15) is 0 Å². The number of hydrogen-bond donors (Lipinski definition) is 4. The highest BCUT2D eigenvalue weighted by Gasteiger charge is 2.32. The van der Waals surface area contributed by atoms with Crippen LogP contribution in [0.5, 0.6) is 0 Å². The summed E-state index contributed by atoms with van der Waals surface area (Å²) in [5.74, 6) is 0.149. The largest absolute Gasteiger partial charge is 0.404 e. The van der Waals surface area contributed by atoms with Crippen LogP contribution in [0.1, 0.15) is 71.5 Å². The highest BCUT2D eigenvalue weighted by Crippen LogP contribution is 2.30. The van der Waals surface area contributed by atoms with Crippen LogP contribution < -0.4 is 27.0 Å². The molecule has 8 rings (SSSR count). The van der Waals surface area contributed by atoms with Crippen molar-refractivity contribution in [1.29, 1.82) is 0 Å². The molecule has 3 fully saturated rings. The van der Waals surface area contributed by atoms with Gasteiger partial charge in [-0.25, -0.2) is 19.3 Å². The Morgan fingerprint density at radius 2 is 1.66 bits per heavy atom. The molecule has 0 spiro atoms. The molecule has 0 bridgehead atoms. The number of halogens is 1. The Labute approximate surface area is 441 Å². The van der Waals surface area contributed by atoms with Gasteiger partial charge >= 0.3 is 0 Å². The Balaban J connectivity index is 0.751. The lowest BCUT2D eigenvalue weighted by Crippen LogP contribution is -2.52. The van der Waals surface area contributed by atoms with E-state index in [-0.39, 0.29) is 60.1 Å². The van der Waals surface area contributed by atoms with Gasteiger partial charge in [0.25, 0.3) is 5.91 Å². The minimum Gasteiger partial charge on any atom is -0.404 e. The molecule has 2 aromatic carbocycles. The molecule has 0 radical (unpaired) electrons. The number of aliphatic imine (C=N–C) groups is 1. The number of piperidine rings is 2. The average molecular weight is 1040 g/mol. The molecule has 400 valence electrons. The first-order chi connectivity index (χ1) is 36.8. The molecule has 1 unspecified atom stereocenters. The molecule has 20 nitrogen and oxygen atoms in total. The van der Waals surface area contributed by atoms with E-state index in [4.69, 9.17) is 21.4 Å². The van der Waals surface area contributed by atoms with Gasteiger partial charge in [-0.15, -0.1) is 0 Å². The topological polar surface area (TPSA) is 251 Å². The molecule has 5 aromatic rings. The number of amides is 4. The van der Waals surface area contributed by atoms with E-state index in [1.165, 1.54) is 37.3 Å². The lowest BCUT2D eigenvalue weighted by atomic mass is 9.92. The lowest BCUT2D eigenvalue weighted by Gasteiger charge is -2.38. The number of aldehydes is 2.